The van der Waals surface area contributed by atoms with Crippen LogP contribution in [0.1, 0.15) is 38.2 Å². The van der Waals surface area contributed by atoms with E-state index < -0.39 is 11.6 Å². The molecule has 1 aromatic carbocycles. The van der Waals surface area contributed by atoms with Crippen molar-refractivity contribution in [3.8, 4) is 0 Å². The lowest BCUT2D eigenvalue weighted by Gasteiger charge is -2.09. The van der Waals surface area contributed by atoms with E-state index in [1.54, 1.807) is 11.6 Å². The fourth-order valence-corrected chi connectivity index (χ4v) is 3.24. The molecule has 0 radical (unpaired) electrons. The minimum absolute atomic E-state index is 0.0592. The molecule has 1 aromatic heterocycles. The number of halogens is 2. The quantitative estimate of drug-likeness (QED) is 0.771. The molecule has 0 bridgehead atoms. The summed E-state index contributed by atoms with van der Waals surface area (Å²) in [6.07, 6.45) is 0. The maximum atomic E-state index is 13.4. The predicted molar refractivity (Wildman–Crippen MR) is 83.2 cm³/mol. The first-order chi connectivity index (χ1) is 10.8. The van der Waals surface area contributed by atoms with Gasteiger partial charge in [0.1, 0.15) is 29.1 Å². The Labute approximate surface area is 137 Å². The molecule has 23 heavy (non-hydrogen) atoms. The number of carbonyl (C=O) groups excluding carboxylic acids is 1. The fourth-order valence-electron chi connectivity index (χ4n) is 2.04. The molecule has 2 rings (SSSR count). The van der Waals surface area contributed by atoms with Crippen LogP contribution in [0.2, 0.25) is 0 Å². The molecular weight excluding hydrogens is 322 g/mol. The highest BCUT2D eigenvalue weighted by atomic mass is 32.2. The summed E-state index contributed by atoms with van der Waals surface area (Å²) >= 11 is 1.23. The molecule has 0 saturated heterocycles. The van der Waals surface area contributed by atoms with E-state index in [0.717, 1.165) is 16.8 Å². The lowest BCUT2D eigenvalue weighted by Crippen LogP contribution is -2.05. The maximum Gasteiger partial charge on any atom is 0.303 e. The Balaban J connectivity index is 2.37. The van der Waals surface area contributed by atoms with Crippen molar-refractivity contribution >= 4 is 17.7 Å². The number of rotatable bonds is 5. The third-order valence-electron chi connectivity index (χ3n) is 3.16. The molecule has 0 N–H and O–H groups in total. The molecule has 0 spiro atoms. The van der Waals surface area contributed by atoms with Crippen molar-refractivity contribution < 1.29 is 18.3 Å². The van der Waals surface area contributed by atoms with Gasteiger partial charge in [-0.2, -0.15) is 0 Å². The van der Waals surface area contributed by atoms with Gasteiger partial charge in [0.25, 0.3) is 0 Å². The number of ether oxygens (including phenoxy) is 1. The smallest absolute Gasteiger partial charge is 0.303 e. The molecule has 1 heterocycles. The molecule has 0 aliphatic rings. The summed E-state index contributed by atoms with van der Waals surface area (Å²) in [5.74, 6) is -0.932. The third-order valence-corrected chi connectivity index (χ3v) is 4.31. The fraction of sp³-hybridized carbons (Fsp3) is 0.375. The van der Waals surface area contributed by atoms with Crippen LogP contribution in [0.5, 0.6) is 0 Å². The number of carbonyl (C=O) groups is 1. The van der Waals surface area contributed by atoms with E-state index in [1.165, 1.54) is 30.8 Å². The van der Waals surface area contributed by atoms with E-state index in [9.17, 15) is 13.6 Å². The molecule has 0 unspecified atom stereocenters. The molecule has 0 saturated carbocycles. The summed E-state index contributed by atoms with van der Waals surface area (Å²) in [6, 6.07) is 3.38. The molecule has 7 heteroatoms. The highest BCUT2D eigenvalue weighted by Crippen LogP contribution is 2.35. The van der Waals surface area contributed by atoms with Crippen molar-refractivity contribution in [3.63, 3.8) is 0 Å². The van der Waals surface area contributed by atoms with Gasteiger partial charge in [0, 0.05) is 24.9 Å². The summed E-state index contributed by atoms with van der Waals surface area (Å²) in [5, 5.41) is 0.771. The molecule has 0 aliphatic heterocycles. The topological polar surface area (TPSA) is 44.1 Å². The first kappa shape index (κ1) is 17.5. The number of hydrogen-bond donors (Lipinski definition) is 0. The Morgan fingerprint density at radius 2 is 1.91 bits per heavy atom. The van der Waals surface area contributed by atoms with Gasteiger partial charge >= 0.3 is 5.97 Å². The van der Waals surface area contributed by atoms with E-state index in [2.05, 4.69) is 4.98 Å². The summed E-state index contributed by atoms with van der Waals surface area (Å²) in [5.41, 5.74) is 0.796. The number of benzene rings is 1. The van der Waals surface area contributed by atoms with Crippen LogP contribution in [0.15, 0.2) is 28.1 Å². The zero-order valence-corrected chi connectivity index (χ0v) is 14.2. The van der Waals surface area contributed by atoms with Crippen LogP contribution in [0.25, 0.3) is 0 Å². The van der Waals surface area contributed by atoms with Crippen molar-refractivity contribution in [2.24, 2.45) is 7.05 Å². The van der Waals surface area contributed by atoms with Gasteiger partial charge in [0.2, 0.25) is 0 Å². The Hall–Kier alpha value is -1.89. The van der Waals surface area contributed by atoms with Gasteiger partial charge in [-0.15, -0.1) is 0 Å². The zero-order valence-electron chi connectivity index (χ0n) is 13.4. The molecule has 0 aliphatic carbocycles. The Morgan fingerprint density at radius 3 is 2.43 bits per heavy atom. The van der Waals surface area contributed by atoms with Crippen molar-refractivity contribution in [2.75, 3.05) is 0 Å². The summed E-state index contributed by atoms with van der Waals surface area (Å²) < 4.78 is 33.5. The first-order valence-corrected chi connectivity index (χ1v) is 7.92. The lowest BCUT2D eigenvalue weighted by molar-refractivity contribution is -0.142. The van der Waals surface area contributed by atoms with E-state index >= 15 is 0 Å². The second kappa shape index (κ2) is 7.12. The SMILES string of the molecule is CC(=O)OCc1nc(C(C)C)c(Sc2cc(F)cc(F)c2)n1C. The lowest BCUT2D eigenvalue weighted by atomic mass is 10.2. The van der Waals surface area contributed by atoms with Crippen molar-refractivity contribution in [3.05, 3.63) is 41.4 Å². The van der Waals surface area contributed by atoms with Gasteiger partial charge < -0.3 is 9.30 Å². The number of esters is 1. The molecule has 4 nitrogen and oxygen atoms in total. The van der Waals surface area contributed by atoms with Crippen molar-refractivity contribution in [1.82, 2.24) is 9.55 Å². The standard InChI is InChI=1S/C16H18F2N2O2S/c1-9(2)15-16(20(4)14(19-15)8-22-10(3)21)23-13-6-11(17)5-12(18)7-13/h5-7,9H,8H2,1-4H3. The zero-order chi connectivity index (χ0) is 17.1. The molecule has 0 fully saturated rings. The van der Waals surface area contributed by atoms with Gasteiger partial charge in [-0.05, 0) is 18.1 Å². The average molecular weight is 340 g/mol. The summed E-state index contributed by atoms with van der Waals surface area (Å²) in [4.78, 5) is 15.9. The van der Waals surface area contributed by atoms with Crippen LogP contribution in [-0.2, 0) is 23.2 Å². The van der Waals surface area contributed by atoms with E-state index in [-0.39, 0.29) is 18.5 Å². The van der Waals surface area contributed by atoms with Crippen LogP contribution in [0.3, 0.4) is 0 Å². The molecule has 124 valence electrons. The van der Waals surface area contributed by atoms with Crippen LogP contribution < -0.4 is 0 Å². The summed E-state index contributed by atoms with van der Waals surface area (Å²) in [7, 11) is 1.79. The number of hydrogen-bond acceptors (Lipinski definition) is 4. The van der Waals surface area contributed by atoms with Crippen LogP contribution in [0.4, 0.5) is 8.78 Å². The number of imidazole rings is 1. The maximum absolute atomic E-state index is 13.4. The van der Waals surface area contributed by atoms with E-state index in [4.69, 9.17) is 4.74 Å². The highest BCUT2D eigenvalue weighted by molar-refractivity contribution is 7.99. The monoisotopic (exact) mass is 340 g/mol. The van der Waals surface area contributed by atoms with Crippen molar-refractivity contribution in [2.45, 2.75) is 43.2 Å². The average Bonchev–Trinajstić information content (AvgIpc) is 2.73. The van der Waals surface area contributed by atoms with Gasteiger partial charge in [0.15, 0.2) is 0 Å². The molecule has 2 aromatic rings. The number of nitrogens with zero attached hydrogens (tertiary/aromatic N) is 2. The van der Waals surface area contributed by atoms with Crippen molar-refractivity contribution in [1.29, 1.82) is 0 Å². The third kappa shape index (κ3) is 4.31. The van der Waals surface area contributed by atoms with Gasteiger partial charge in [-0.3, -0.25) is 4.79 Å². The van der Waals surface area contributed by atoms with Gasteiger partial charge in [-0.1, -0.05) is 25.6 Å². The molecule has 0 atom stereocenters. The number of aromatic nitrogens is 2. The van der Waals surface area contributed by atoms with Gasteiger partial charge in [-0.25, -0.2) is 13.8 Å². The highest BCUT2D eigenvalue weighted by Gasteiger charge is 2.19. The van der Waals surface area contributed by atoms with E-state index in [0.29, 0.717) is 10.7 Å². The first-order valence-electron chi connectivity index (χ1n) is 7.10. The molecule has 0 amide bonds. The Bertz CT molecular complexity index is 709. The Kier molecular flexibility index (Phi) is 5.41. The minimum atomic E-state index is -0.624. The van der Waals surface area contributed by atoms with Crippen LogP contribution in [0, 0.1) is 11.6 Å². The van der Waals surface area contributed by atoms with E-state index in [1.807, 2.05) is 13.8 Å². The second-order valence-electron chi connectivity index (χ2n) is 5.42. The predicted octanol–water partition coefficient (Wildman–Crippen LogP) is 4.04. The normalized spacial score (nSPS) is 11.1. The van der Waals surface area contributed by atoms with Gasteiger partial charge in [0.05, 0.1) is 5.69 Å². The van der Waals surface area contributed by atoms with Crippen LogP contribution >= 0.6 is 11.8 Å². The second-order valence-corrected chi connectivity index (χ2v) is 6.48. The molecular formula is C16H18F2N2O2S. The minimum Gasteiger partial charge on any atom is -0.458 e. The Morgan fingerprint density at radius 1 is 1.30 bits per heavy atom. The largest absolute Gasteiger partial charge is 0.458 e. The van der Waals surface area contributed by atoms with Crippen LogP contribution in [-0.4, -0.2) is 15.5 Å². The summed E-state index contributed by atoms with van der Waals surface area (Å²) in [6.45, 7) is 5.35.